The third kappa shape index (κ3) is 2.18. The first-order chi connectivity index (χ1) is 6.57. The van der Waals surface area contributed by atoms with Crippen LogP contribution in [0.2, 0.25) is 5.02 Å². The number of hydrogen-bond donors (Lipinski definition) is 3. The SMILES string of the molecule is Cc1ccc(C(N)CCO)c(Cl)c1O. The van der Waals surface area contributed by atoms with Crippen molar-refractivity contribution < 1.29 is 10.2 Å². The number of benzene rings is 1. The fourth-order valence-corrected chi connectivity index (χ4v) is 1.61. The molecule has 4 heteroatoms. The zero-order chi connectivity index (χ0) is 10.7. The van der Waals surface area contributed by atoms with Gasteiger partial charge < -0.3 is 15.9 Å². The Morgan fingerprint density at radius 1 is 1.50 bits per heavy atom. The summed E-state index contributed by atoms with van der Waals surface area (Å²) < 4.78 is 0. The van der Waals surface area contributed by atoms with Crippen molar-refractivity contribution >= 4 is 11.6 Å². The van der Waals surface area contributed by atoms with E-state index >= 15 is 0 Å². The highest BCUT2D eigenvalue weighted by Crippen LogP contribution is 2.33. The zero-order valence-electron chi connectivity index (χ0n) is 8.00. The van der Waals surface area contributed by atoms with Crippen LogP contribution in [0, 0.1) is 6.92 Å². The van der Waals surface area contributed by atoms with Crippen molar-refractivity contribution in [3.63, 3.8) is 0 Å². The van der Waals surface area contributed by atoms with Gasteiger partial charge >= 0.3 is 0 Å². The van der Waals surface area contributed by atoms with Crippen LogP contribution in [0.25, 0.3) is 0 Å². The summed E-state index contributed by atoms with van der Waals surface area (Å²) in [6.45, 7) is 1.77. The smallest absolute Gasteiger partial charge is 0.137 e. The zero-order valence-corrected chi connectivity index (χ0v) is 8.75. The molecule has 1 atom stereocenters. The van der Waals surface area contributed by atoms with Crippen LogP contribution in [0.3, 0.4) is 0 Å². The number of aliphatic hydroxyl groups is 1. The highest BCUT2D eigenvalue weighted by Gasteiger charge is 2.13. The Hall–Kier alpha value is -0.770. The van der Waals surface area contributed by atoms with Gasteiger partial charge in [-0.25, -0.2) is 0 Å². The number of halogens is 1. The summed E-state index contributed by atoms with van der Waals surface area (Å²) in [4.78, 5) is 0. The molecule has 0 saturated carbocycles. The topological polar surface area (TPSA) is 66.5 Å². The average molecular weight is 216 g/mol. The quantitative estimate of drug-likeness (QED) is 0.720. The van der Waals surface area contributed by atoms with Crippen molar-refractivity contribution in [1.82, 2.24) is 0 Å². The standard InChI is InChI=1S/C10H14ClNO2/c1-6-2-3-7(8(12)4-5-13)9(11)10(6)14/h2-3,8,13-14H,4-5,12H2,1H3. The normalized spacial score (nSPS) is 12.9. The van der Waals surface area contributed by atoms with Crippen molar-refractivity contribution in [3.8, 4) is 5.75 Å². The van der Waals surface area contributed by atoms with Gasteiger partial charge in [-0.1, -0.05) is 23.7 Å². The number of phenols is 1. The van der Waals surface area contributed by atoms with E-state index in [1.807, 2.05) is 0 Å². The predicted molar refractivity (Wildman–Crippen MR) is 56.5 cm³/mol. The minimum Gasteiger partial charge on any atom is -0.506 e. The van der Waals surface area contributed by atoms with Gasteiger partial charge in [0.05, 0.1) is 5.02 Å². The number of aromatic hydroxyl groups is 1. The molecule has 3 nitrogen and oxygen atoms in total. The summed E-state index contributed by atoms with van der Waals surface area (Å²) in [5.41, 5.74) is 7.16. The summed E-state index contributed by atoms with van der Waals surface area (Å²) in [5, 5.41) is 18.6. The van der Waals surface area contributed by atoms with E-state index in [4.69, 9.17) is 22.4 Å². The van der Waals surface area contributed by atoms with Gasteiger partial charge in [0.1, 0.15) is 5.75 Å². The summed E-state index contributed by atoms with van der Waals surface area (Å²) in [7, 11) is 0. The van der Waals surface area contributed by atoms with E-state index in [1.54, 1.807) is 19.1 Å². The van der Waals surface area contributed by atoms with Crippen LogP contribution in [0.4, 0.5) is 0 Å². The lowest BCUT2D eigenvalue weighted by molar-refractivity contribution is 0.276. The van der Waals surface area contributed by atoms with E-state index in [0.717, 1.165) is 5.56 Å². The lowest BCUT2D eigenvalue weighted by Gasteiger charge is -2.14. The number of aryl methyl sites for hydroxylation is 1. The highest BCUT2D eigenvalue weighted by atomic mass is 35.5. The van der Waals surface area contributed by atoms with Crippen molar-refractivity contribution in [2.24, 2.45) is 5.73 Å². The minimum atomic E-state index is -0.334. The Morgan fingerprint density at radius 2 is 2.14 bits per heavy atom. The van der Waals surface area contributed by atoms with Crippen molar-refractivity contribution in [2.45, 2.75) is 19.4 Å². The molecule has 0 heterocycles. The van der Waals surface area contributed by atoms with Gasteiger partial charge in [-0.2, -0.15) is 0 Å². The maximum atomic E-state index is 9.55. The van der Waals surface area contributed by atoms with Gasteiger partial charge in [0, 0.05) is 12.6 Å². The van der Waals surface area contributed by atoms with Crippen molar-refractivity contribution in [2.75, 3.05) is 6.61 Å². The Balaban J connectivity index is 3.04. The largest absolute Gasteiger partial charge is 0.506 e. The minimum absolute atomic E-state index is 0.00609. The van der Waals surface area contributed by atoms with Gasteiger partial charge in [0.15, 0.2) is 0 Å². The van der Waals surface area contributed by atoms with Crippen LogP contribution in [-0.4, -0.2) is 16.8 Å². The Bertz CT molecular complexity index is 328. The molecule has 14 heavy (non-hydrogen) atoms. The number of phenolic OH excluding ortho intramolecular Hbond substituents is 1. The van der Waals surface area contributed by atoms with E-state index in [1.165, 1.54) is 0 Å². The van der Waals surface area contributed by atoms with E-state index in [9.17, 15) is 5.11 Å². The molecule has 0 bridgehead atoms. The first-order valence-corrected chi connectivity index (χ1v) is 4.80. The number of aliphatic hydroxyl groups excluding tert-OH is 1. The van der Waals surface area contributed by atoms with Crippen LogP contribution in [0.1, 0.15) is 23.6 Å². The monoisotopic (exact) mass is 215 g/mol. The maximum Gasteiger partial charge on any atom is 0.137 e. The summed E-state index contributed by atoms with van der Waals surface area (Å²) >= 11 is 5.92. The molecule has 0 aliphatic rings. The van der Waals surface area contributed by atoms with Gasteiger partial charge in [-0.3, -0.25) is 0 Å². The molecule has 1 unspecified atom stereocenters. The first-order valence-electron chi connectivity index (χ1n) is 4.42. The molecule has 1 aromatic rings. The summed E-state index contributed by atoms with van der Waals surface area (Å²) in [6.07, 6.45) is 0.433. The Morgan fingerprint density at radius 3 is 2.71 bits per heavy atom. The van der Waals surface area contributed by atoms with Crippen LogP contribution < -0.4 is 5.73 Å². The first kappa shape index (κ1) is 11.3. The van der Waals surface area contributed by atoms with Gasteiger partial charge in [-0.15, -0.1) is 0 Å². The summed E-state index contributed by atoms with van der Waals surface area (Å²) in [5.74, 6) is 0.0672. The molecule has 0 aliphatic heterocycles. The van der Waals surface area contributed by atoms with Crippen LogP contribution >= 0.6 is 11.6 Å². The Kier molecular flexibility index (Phi) is 3.75. The predicted octanol–water partition coefficient (Wildman–Crippen LogP) is 1.74. The fraction of sp³-hybridized carbons (Fsp3) is 0.400. The molecule has 78 valence electrons. The van der Waals surface area contributed by atoms with Crippen LogP contribution in [-0.2, 0) is 0 Å². The Labute approximate surface area is 88.1 Å². The van der Waals surface area contributed by atoms with Crippen molar-refractivity contribution in [3.05, 3.63) is 28.3 Å². The van der Waals surface area contributed by atoms with Crippen LogP contribution in [0.15, 0.2) is 12.1 Å². The second kappa shape index (κ2) is 4.64. The van der Waals surface area contributed by atoms with E-state index in [2.05, 4.69) is 0 Å². The molecule has 4 N–H and O–H groups in total. The second-order valence-electron chi connectivity index (χ2n) is 3.25. The lowest BCUT2D eigenvalue weighted by atomic mass is 10.0. The molecule has 0 amide bonds. The van der Waals surface area contributed by atoms with Gasteiger partial charge in [0.2, 0.25) is 0 Å². The maximum absolute atomic E-state index is 9.55. The second-order valence-corrected chi connectivity index (χ2v) is 3.63. The van der Waals surface area contributed by atoms with Gasteiger partial charge in [-0.05, 0) is 24.5 Å². The van der Waals surface area contributed by atoms with Crippen molar-refractivity contribution in [1.29, 1.82) is 0 Å². The van der Waals surface area contributed by atoms with E-state index in [0.29, 0.717) is 12.0 Å². The fourth-order valence-electron chi connectivity index (χ4n) is 1.26. The lowest BCUT2D eigenvalue weighted by Crippen LogP contribution is -2.12. The van der Waals surface area contributed by atoms with E-state index in [-0.39, 0.29) is 23.4 Å². The molecular weight excluding hydrogens is 202 g/mol. The number of rotatable bonds is 3. The molecule has 0 aliphatic carbocycles. The number of nitrogens with two attached hydrogens (primary N) is 1. The van der Waals surface area contributed by atoms with E-state index < -0.39 is 0 Å². The molecule has 0 spiro atoms. The molecule has 1 rings (SSSR count). The summed E-state index contributed by atoms with van der Waals surface area (Å²) in [6, 6.07) is 3.20. The molecule has 1 aromatic carbocycles. The molecular formula is C10H14ClNO2. The average Bonchev–Trinajstić information content (AvgIpc) is 2.15. The van der Waals surface area contributed by atoms with Crippen LogP contribution in [0.5, 0.6) is 5.75 Å². The molecule has 0 saturated heterocycles. The highest BCUT2D eigenvalue weighted by molar-refractivity contribution is 6.33. The third-order valence-corrected chi connectivity index (χ3v) is 2.58. The molecule has 0 fully saturated rings. The number of hydrogen-bond acceptors (Lipinski definition) is 3. The molecule has 0 radical (unpaired) electrons. The van der Waals surface area contributed by atoms with Gasteiger partial charge in [0.25, 0.3) is 0 Å². The molecule has 0 aromatic heterocycles. The third-order valence-electron chi connectivity index (χ3n) is 2.19.